The number of aryl methyl sites for hydroxylation is 1. The lowest BCUT2D eigenvalue weighted by Gasteiger charge is -2.13. The molecule has 0 aliphatic carbocycles. The second-order valence-corrected chi connectivity index (χ2v) is 4.46. The molecule has 1 aromatic rings. The molecule has 0 bridgehead atoms. The number of ether oxygens (including phenoxy) is 2. The van der Waals surface area contributed by atoms with E-state index in [0.717, 1.165) is 18.4 Å². The van der Waals surface area contributed by atoms with E-state index >= 15 is 0 Å². The molecule has 0 spiro atoms. The van der Waals surface area contributed by atoms with Gasteiger partial charge in [0.25, 0.3) is 0 Å². The van der Waals surface area contributed by atoms with Gasteiger partial charge in [-0.2, -0.15) is 0 Å². The number of phenols is 1. The molecule has 2 rings (SSSR count). The highest BCUT2D eigenvalue weighted by molar-refractivity contribution is 5.36. The average Bonchev–Trinajstić information content (AvgIpc) is 2.60. The van der Waals surface area contributed by atoms with Crippen molar-refractivity contribution < 1.29 is 14.6 Å². The number of rotatable bonds is 3. The molecular formula is C13H18O3. The lowest BCUT2D eigenvalue weighted by molar-refractivity contribution is 0.0264. The largest absolute Gasteiger partial charge is 0.508 e. The Morgan fingerprint density at radius 2 is 2.19 bits per heavy atom. The van der Waals surface area contributed by atoms with Crippen LogP contribution in [0.5, 0.6) is 11.5 Å². The predicted molar refractivity (Wildman–Crippen MR) is 61.9 cm³/mol. The molecule has 0 radical (unpaired) electrons. The third-order valence-corrected chi connectivity index (χ3v) is 2.79. The average molecular weight is 222 g/mol. The van der Waals surface area contributed by atoms with Crippen LogP contribution in [0.25, 0.3) is 0 Å². The van der Waals surface area contributed by atoms with Crippen LogP contribution in [0, 0.1) is 6.92 Å². The van der Waals surface area contributed by atoms with Gasteiger partial charge in [-0.1, -0.05) is 0 Å². The molecule has 1 fully saturated rings. The quantitative estimate of drug-likeness (QED) is 0.854. The molecule has 3 heteroatoms. The molecule has 88 valence electrons. The number of hydrogen-bond donors (Lipinski definition) is 1. The molecule has 0 saturated carbocycles. The molecule has 2 unspecified atom stereocenters. The third-order valence-electron chi connectivity index (χ3n) is 2.79. The van der Waals surface area contributed by atoms with Crippen molar-refractivity contribution in [3.63, 3.8) is 0 Å². The van der Waals surface area contributed by atoms with E-state index in [1.165, 1.54) is 0 Å². The zero-order valence-electron chi connectivity index (χ0n) is 9.77. The van der Waals surface area contributed by atoms with E-state index in [4.69, 9.17) is 9.47 Å². The van der Waals surface area contributed by atoms with E-state index in [9.17, 15) is 5.11 Å². The Hall–Kier alpha value is -1.22. The van der Waals surface area contributed by atoms with Crippen molar-refractivity contribution in [3.05, 3.63) is 23.8 Å². The van der Waals surface area contributed by atoms with Gasteiger partial charge in [0.05, 0.1) is 12.2 Å². The third kappa shape index (κ3) is 2.89. The van der Waals surface area contributed by atoms with Gasteiger partial charge in [0.15, 0.2) is 0 Å². The van der Waals surface area contributed by atoms with E-state index in [1.54, 1.807) is 12.1 Å². The maximum atomic E-state index is 9.42. The fourth-order valence-corrected chi connectivity index (χ4v) is 2.01. The van der Waals surface area contributed by atoms with E-state index in [2.05, 4.69) is 6.92 Å². The molecule has 1 heterocycles. The Morgan fingerprint density at radius 3 is 2.81 bits per heavy atom. The Kier molecular flexibility index (Phi) is 3.34. The van der Waals surface area contributed by atoms with Gasteiger partial charge in [-0.3, -0.25) is 0 Å². The Bertz CT molecular complexity index is 342. The second kappa shape index (κ2) is 4.74. The summed E-state index contributed by atoms with van der Waals surface area (Å²) in [6.07, 6.45) is 2.70. The fraction of sp³-hybridized carbons (Fsp3) is 0.538. The van der Waals surface area contributed by atoms with Gasteiger partial charge in [0.1, 0.15) is 18.1 Å². The van der Waals surface area contributed by atoms with Gasteiger partial charge in [0.2, 0.25) is 0 Å². The highest BCUT2D eigenvalue weighted by atomic mass is 16.5. The highest BCUT2D eigenvalue weighted by Crippen LogP contribution is 2.23. The van der Waals surface area contributed by atoms with Crippen molar-refractivity contribution >= 4 is 0 Å². The van der Waals surface area contributed by atoms with Crippen molar-refractivity contribution in [2.24, 2.45) is 0 Å². The van der Waals surface area contributed by atoms with E-state index in [0.29, 0.717) is 18.5 Å². The summed E-state index contributed by atoms with van der Waals surface area (Å²) in [6, 6.07) is 5.25. The van der Waals surface area contributed by atoms with Crippen molar-refractivity contribution in [2.45, 2.75) is 38.9 Å². The number of phenolic OH excluding ortho intramolecular Hbond substituents is 1. The van der Waals surface area contributed by atoms with Gasteiger partial charge in [0, 0.05) is 6.07 Å². The van der Waals surface area contributed by atoms with Crippen LogP contribution in [0.1, 0.15) is 25.3 Å². The lowest BCUT2D eigenvalue weighted by Crippen LogP contribution is -2.17. The smallest absolute Gasteiger partial charge is 0.123 e. The summed E-state index contributed by atoms with van der Waals surface area (Å²) in [7, 11) is 0. The second-order valence-electron chi connectivity index (χ2n) is 4.46. The summed E-state index contributed by atoms with van der Waals surface area (Å²) in [5, 5.41) is 9.42. The van der Waals surface area contributed by atoms with Gasteiger partial charge < -0.3 is 14.6 Å². The van der Waals surface area contributed by atoms with Crippen molar-refractivity contribution in [1.82, 2.24) is 0 Å². The Morgan fingerprint density at radius 1 is 1.38 bits per heavy atom. The first kappa shape index (κ1) is 11.3. The zero-order valence-corrected chi connectivity index (χ0v) is 9.77. The van der Waals surface area contributed by atoms with Crippen molar-refractivity contribution in [2.75, 3.05) is 6.61 Å². The van der Waals surface area contributed by atoms with Crippen LogP contribution < -0.4 is 4.74 Å². The lowest BCUT2D eigenvalue weighted by atomic mass is 10.2. The van der Waals surface area contributed by atoms with Gasteiger partial charge in [-0.15, -0.1) is 0 Å². The van der Waals surface area contributed by atoms with Crippen molar-refractivity contribution in [3.8, 4) is 11.5 Å². The summed E-state index contributed by atoms with van der Waals surface area (Å²) in [5.74, 6) is 0.955. The minimum atomic E-state index is 0.192. The van der Waals surface area contributed by atoms with E-state index < -0.39 is 0 Å². The molecule has 0 aromatic heterocycles. The van der Waals surface area contributed by atoms with Crippen LogP contribution in [-0.4, -0.2) is 23.9 Å². The van der Waals surface area contributed by atoms with Gasteiger partial charge >= 0.3 is 0 Å². The van der Waals surface area contributed by atoms with Crippen LogP contribution in [0.15, 0.2) is 18.2 Å². The van der Waals surface area contributed by atoms with Gasteiger partial charge in [-0.05, 0) is 44.4 Å². The minimum absolute atomic E-state index is 0.192. The normalized spacial score (nSPS) is 24.6. The maximum Gasteiger partial charge on any atom is 0.123 e. The number of aromatic hydroxyl groups is 1. The summed E-state index contributed by atoms with van der Waals surface area (Å²) in [6.45, 7) is 4.58. The first-order chi connectivity index (χ1) is 7.63. The first-order valence-electron chi connectivity index (χ1n) is 5.72. The van der Waals surface area contributed by atoms with E-state index in [1.807, 2.05) is 13.0 Å². The molecule has 0 amide bonds. The monoisotopic (exact) mass is 222 g/mol. The maximum absolute atomic E-state index is 9.42. The molecule has 1 N–H and O–H groups in total. The molecular weight excluding hydrogens is 204 g/mol. The van der Waals surface area contributed by atoms with Crippen LogP contribution in [0.4, 0.5) is 0 Å². The van der Waals surface area contributed by atoms with Crippen LogP contribution in [0.3, 0.4) is 0 Å². The fourth-order valence-electron chi connectivity index (χ4n) is 2.01. The summed E-state index contributed by atoms with van der Waals surface area (Å²) >= 11 is 0. The molecule has 3 nitrogen and oxygen atoms in total. The highest BCUT2D eigenvalue weighted by Gasteiger charge is 2.22. The van der Waals surface area contributed by atoms with Gasteiger partial charge in [-0.25, -0.2) is 0 Å². The first-order valence-corrected chi connectivity index (χ1v) is 5.72. The molecule has 1 aromatic carbocycles. The molecule has 1 aliphatic heterocycles. The summed E-state index contributed by atoms with van der Waals surface area (Å²) < 4.78 is 11.3. The van der Waals surface area contributed by atoms with E-state index in [-0.39, 0.29) is 11.9 Å². The Labute approximate surface area is 96.0 Å². The molecule has 1 saturated heterocycles. The van der Waals surface area contributed by atoms with Crippen LogP contribution >= 0.6 is 0 Å². The Balaban J connectivity index is 1.89. The van der Waals surface area contributed by atoms with Crippen molar-refractivity contribution in [1.29, 1.82) is 0 Å². The zero-order chi connectivity index (χ0) is 11.5. The SMILES string of the molecule is Cc1cc(O)cc(OCC2CCC(C)O2)c1. The molecule has 2 atom stereocenters. The number of hydrogen-bond acceptors (Lipinski definition) is 3. The van der Waals surface area contributed by atoms with Crippen LogP contribution in [-0.2, 0) is 4.74 Å². The summed E-state index contributed by atoms with van der Waals surface area (Å²) in [5.41, 5.74) is 0.996. The topological polar surface area (TPSA) is 38.7 Å². The van der Waals surface area contributed by atoms with Crippen LogP contribution in [0.2, 0.25) is 0 Å². The molecule has 16 heavy (non-hydrogen) atoms. The number of benzene rings is 1. The predicted octanol–water partition coefficient (Wildman–Crippen LogP) is 2.65. The summed E-state index contributed by atoms with van der Waals surface area (Å²) in [4.78, 5) is 0. The molecule has 1 aliphatic rings. The minimum Gasteiger partial charge on any atom is -0.508 e. The standard InChI is InChI=1S/C13H18O3/c1-9-5-11(14)7-13(6-9)15-8-12-4-3-10(2)16-12/h5-7,10,12,14H,3-4,8H2,1-2H3.